The Hall–Kier alpha value is -0.790. The fourth-order valence-corrected chi connectivity index (χ4v) is 7.90. The van der Waals surface area contributed by atoms with Gasteiger partial charge in [-0.2, -0.15) is 0 Å². The maximum atomic E-state index is 12.0. The predicted molar refractivity (Wildman–Crippen MR) is 239 cm³/mol. The summed E-state index contributed by atoms with van der Waals surface area (Å²) in [4.78, 5) is 12.0. The van der Waals surface area contributed by atoms with Crippen molar-refractivity contribution in [1.29, 1.82) is 0 Å². The molecule has 0 aromatic carbocycles. The summed E-state index contributed by atoms with van der Waals surface area (Å²) in [5, 5.41) is 0. The van der Waals surface area contributed by atoms with Gasteiger partial charge in [-0.1, -0.05) is 270 Å². The van der Waals surface area contributed by atoms with Crippen LogP contribution in [0.4, 0.5) is 0 Å². The van der Waals surface area contributed by atoms with Crippen molar-refractivity contribution in [3.8, 4) is 0 Å². The average molecular weight is 745 g/mol. The first kappa shape index (κ1) is 52.2. The molecule has 316 valence electrons. The first-order valence-corrected chi connectivity index (χ1v) is 25.1. The highest BCUT2D eigenvalue weighted by Gasteiger charge is 2.03. The maximum Gasteiger partial charge on any atom is 0.305 e. The van der Waals surface area contributed by atoms with Crippen LogP contribution in [0.25, 0.3) is 0 Å². The van der Waals surface area contributed by atoms with E-state index >= 15 is 0 Å². The fourth-order valence-electron chi connectivity index (χ4n) is 7.90. The molecule has 0 fully saturated rings. The molecule has 0 rings (SSSR count). The molecule has 0 aliphatic rings. The van der Waals surface area contributed by atoms with Gasteiger partial charge in [-0.05, 0) is 38.5 Å². The minimum Gasteiger partial charge on any atom is -0.466 e. The van der Waals surface area contributed by atoms with Crippen molar-refractivity contribution in [2.45, 2.75) is 303 Å². The molecule has 0 amide bonds. The molecule has 0 bridgehead atoms. The van der Waals surface area contributed by atoms with Gasteiger partial charge in [-0.15, -0.1) is 0 Å². The van der Waals surface area contributed by atoms with Crippen LogP contribution in [0.5, 0.6) is 0 Å². The summed E-state index contributed by atoms with van der Waals surface area (Å²) in [7, 11) is 0. The van der Waals surface area contributed by atoms with Crippen molar-refractivity contribution >= 4 is 5.97 Å². The summed E-state index contributed by atoms with van der Waals surface area (Å²) in [6.45, 7) is 5.20. The third kappa shape index (κ3) is 49.2. The number of carbonyl (C=O) groups excluding carboxylic acids is 1. The SMILES string of the molecule is CCCCCC/C=C\CCCCCCCCOC(=O)CCCCCCCCCCCCCCCCCCCCCCCCCCCCCCCCCC. The Bertz CT molecular complexity index is 684. The number of ether oxygens (including phenoxy) is 1. The van der Waals surface area contributed by atoms with Crippen molar-refractivity contribution in [3.05, 3.63) is 12.2 Å². The number of esters is 1. The number of carbonyl (C=O) groups is 1. The van der Waals surface area contributed by atoms with E-state index in [1.165, 1.54) is 270 Å². The third-order valence-corrected chi connectivity index (χ3v) is 11.7. The predicted octanol–water partition coefficient (Wildman–Crippen LogP) is 18.7. The van der Waals surface area contributed by atoms with E-state index < -0.39 is 0 Å². The lowest BCUT2D eigenvalue weighted by atomic mass is 10.0. The second kappa shape index (κ2) is 49.2. The van der Waals surface area contributed by atoms with Gasteiger partial charge in [0.25, 0.3) is 0 Å². The zero-order chi connectivity index (χ0) is 38.2. The Morgan fingerprint density at radius 2 is 0.528 bits per heavy atom. The molecule has 0 radical (unpaired) electrons. The van der Waals surface area contributed by atoms with Crippen LogP contribution in [0, 0.1) is 0 Å². The summed E-state index contributed by atoms with van der Waals surface area (Å²) in [6.07, 6.45) is 66.5. The van der Waals surface area contributed by atoms with Crippen molar-refractivity contribution in [3.63, 3.8) is 0 Å². The summed E-state index contributed by atoms with van der Waals surface area (Å²) in [5.41, 5.74) is 0. The van der Waals surface area contributed by atoms with Gasteiger partial charge in [0.05, 0.1) is 6.61 Å². The second-order valence-corrected chi connectivity index (χ2v) is 17.2. The van der Waals surface area contributed by atoms with E-state index in [1.807, 2.05) is 0 Å². The molecule has 0 unspecified atom stereocenters. The molecular formula is C51H100O2. The van der Waals surface area contributed by atoms with Crippen molar-refractivity contribution in [2.75, 3.05) is 6.61 Å². The van der Waals surface area contributed by atoms with E-state index in [1.54, 1.807) is 0 Å². The topological polar surface area (TPSA) is 26.3 Å². The van der Waals surface area contributed by atoms with Gasteiger partial charge in [0.2, 0.25) is 0 Å². The molecule has 0 atom stereocenters. The summed E-state index contributed by atoms with van der Waals surface area (Å²) in [6, 6.07) is 0. The monoisotopic (exact) mass is 745 g/mol. The summed E-state index contributed by atoms with van der Waals surface area (Å²) in [5.74, 6) is 0.0251. The molecule has 0 aromatic rings. The molecule has 0 saturated heterocycles. The van der Waals surface area contributed by atoms with Crippen molar-refractivity contribution < 1.29 is 9.53 Å². The Labute approximate surface area is 336 Å². The number of hydrogen-bond donors (Lipinski definition) is 0. The standard InChI is InChI=1S/C51H100O2/c1-3-5-7-9-11-13-15-17-19-20-21-22-23-24-25-26-27-28-29-30-31-32-33-34-35-36-37-39-41-43-45-47-49-51(52)53-50-48-46-44-42-40-38-18-16-14-12-10-8-6-4-2/h14,16H,3-13,15,17-50H2,1-2H3/b16-14-. The van der Waals surface area contributed by atoms with Crippen molar-refractivity contribution in [1.82, 2.24) is 0 Å². The van der Waals surface area contributed by atoms with E-state index in [-0.39, 0.29) is 5.97 Å². The second-order valence-electron chi connectivity index (χ2n) is 17.2. The lowest BCUT2D eigenvalue weighted by Crippen LogP contribution is -2.05. The largest absolute Gasteiger partial charge is 0.466 e. The van der Waals surface area contributed by atoms with Gasteiger partial charge in [0.15, 0.2) is 0 Å². The highest BCUT2D eigenvalue weighted by Crippen LogP contribution is 2.17. The van der Waals surface area contributed by atoms with Gasteiger partial charge in [-0.25, -0.2) is 0 Å². The van der Waals surface area contributed by atoms with Gasteiger partial charge in [0.1, 0.15) is 0 Å². The van der Waals surface area contributed by atoms with Crippen LogP contribution in [0.1, 0.15) is 303 Å². The van der Waals surface area contributed by atoms with Gasteiger partial charge in [0, 0.05) is 6.42 Å². The number of unbranched alkanes of at least 4 members (excludes halogenated alkanes) is 41. The quantitative estimate of drug-likeness (QED) is 0.0352. The highest BCUT2D eigenvalue weighted by atomic mass is 16.5. The lowest BCUT2D eigenvalue weighted by Gasteiger charge is -2.06. The Morgan fingerprint density at radius 1 is 0.302 bits per heavy atom. The van der Waals surface area contributed by atoms with Crippen LogP contribution in [-0.4, -0.2) is 12.6 Å². The Kier molecular flexibility index (Phi) is 48.5. The zero-order valence-corrected chi connectivity index (χ0v) is 37.0. The lowest BCUT2D eigenvalue weighted by molar-refractivity contribution is -0.143. The molecule has 2 nitrogen and oxygen atoms in total. The van der Waals surface area contributed by atoms with E-state index in [4.69, 9.17) is 4.74 Å². The van der Waals surface area contributed by atoms with Gasteiger partial charge in [-0.3, -0.25) is 4.79 Å². The van der Waals surface area contributed by atoms with E-state index in [2.05, 4.69) is 26.0 Å². The molecule has 0 aliphatic heterocycles. The molecule has 53 heavy (non-hydrogen) atoms. The molecule has 0 heterocycles. The van der Waals surface area contributed by atoms with E-state index in [0.29, 0.717) is 13.0 Å². The molecule has 0 spiro atoms. The summed E-state index contributed by atoms with van der Waals surface area (Å²) >= 11 is 0. The number of hydrogen-bond acceptors (Lipinski definition) is 2. The average Bonchev–Trinajstić information content (AvgIpc) is 3.16. The normalized spacial score (nSPS) is 11.7. The third-order valence-electron chi connectivity index (χ3n) is 11.7. The highest BCUT2D eigenvalue weighted by molar-refractivity contribution is 5.69. The fraction of sp³-hybridized carbons (Fsp3) is 0.941. The first-order valence-electron chi connectivity index (χ1n) is 25.1. The molecule has 0 aromatic heterocycles. The minimum absolute atomic E-state index is 0.0251. The Balaban J connectivity index is 3.14. The smallest absolute Gasteiger partial charge is 0.305 e. The van der Waals surface area contributed by atoms with E-state index in [0.717, 1.165) is 12.8 Å². The van der Waals surface area contributed by atoms with Gasteiger partial charge >= 0.3 is 5.97 Å². The number of rotatable bonds is 47. The first-order chi connectivity index (χ1) is 26.3. The molecular weight excluding hydrogens is 645 g/mol. The summed E-state index contributed by atoms with van der Waals surface area (Å²) < 4.78 is 5.47. The van der Waals surface area contributed by atoms with Crippen LogP contribution in [0.15, 0.2) is 12.2 Å². The van der Waals surface area contributed by atoms with Crippen LogP contribution < -0.4 is 0 Å². The van der Waals surface area contributed by atoms with Gasteiger partial charge < -0.3 is 4.74 Å². The maximum absolute atomic E-state index is 12.0. The zero-order valence-electron chi connectivity index (χ0n) is 37.0. The molecule has 0 aliphatic carbocycles. The Morgan fingerprint density at radius 3 is 0.830 bits per heavy atom. The molecule has 0 N–H and O–H groups in total. The molecule has 2 heteroatoms. The van der Waals surface area contributed by atoms with Crippen molar-refractivity contribution in [2.24, 2.45) is 0 Å². The van der Waals surface area contributed by atoms with Crippen LogP contribution in [0.2, 0.25) is 0 Å². The van der Waals surface area contributed by atoms with Crippen LogP contribution in [0.3, 0.4) is 0 Å². The molecule has 0 saturated carbocycles. The van der Waals surface area contributed by atoms with Crippen LogP contribution >= 0.6 is 0 Å². The van der Waals surface area contributed by atoms with E-state index in [9.17, 15) is 4.79 Å². The van der Waals surface area contributed by atoms with Crippen LogP contribution in [-0.2, 0) is 9.53 Å². The number of allylic oxidation sites excluding steroid dienone is 2. The minimum atomic E-state index is 0.0251.